The van der Waals surface area contributed by atoms with E-state index in [0.29, 0.717) is 13.2 Å². The van der Waals surface area contributed by atoms with Crippen molar-refractivity contribution < 1.29 is 9.84 Å². The van der Waals surface area contributed by atoms with Crippen LogP contribution in [0.15, 0.2) is 0 Å². The predicted molar refractivity (Wildman–Crippen MR) is 91.3 cm³/mol. The van der Waals surface area contributed by atoms with Crippen LogP contribution in [0.1, 0.15) is 74.7 Å². The third-order valence-electron chi connectivity index (χ3n) is 3.34. The fraction of sp³-hybridized carbons (Fsp3) is 1.00. The number of hydrogen-bond donors (Lipinski definition) is 2. The van der Waals surface area contributed by atoms with Crippen LogP contribution in [0.25, 0.3) is 0 Å². The van der Waals surface area contributed by atoms with Crippen molar-refractivity contribution in [3.8, 4) is 0 Å². The molecule has 0 rings (SSSR count). The number of ether oxygens (including phenoxy) is 1. The molecular weight excluding hydrogens is 262 g/mol. The van der Waals surface area contributed by atoms with Crippen molar-refractivity contribution in [1.29, 1.82) is 0 Å². The zero-order valence-electron chi connectivity index (χ0n) is 15.6. The van der Waals surface area contributed by atoms with Crippen molar-refractivity contribution >= 4 is 0 Å². The summed E-state index contributed by atoms with van der Waals surface area (Å²) in [6.45, 7) is 18.5. The van der Waals surface area contributed by atoms with Gasteiger partial charge in [-0.2, -0.15) is 0 Å². The molecule has 0 aromatic rings. The molecule has 3 heteroatoms. The minimum Gasteiger partial charge on any atom is -0.391 e. The molecule has 2 atom stereocenters. The molecule has 0 saturated heterocycles. The topological polar surface area (TPSA) is 55.5 Å². The van der Waals surface area contributed by atoms with Gasteiger partial charge in [0.2, 0.25) is 0 Å². The highest BCUT2D eigenvalue weighted by Gasteiger charge is 2.25. The van der Waals surface area contributed by atoms with Crippen LogP contribution < -0.4 is 5.73 Å². The van der Waals surface area contributed by atoms with E-state index in [0.717, 1.165) is 19.3 Å². The van der Waals surface area contributed by atoms with E-state index < -0.39 is 0 Å². The molecule has 21 heavy (non-hydrogen) atoms. The molecule has 0 aliphatic rings. The third kappa shape index (κ3) is 13.3. The van der Waals surface area contributed by atoms with Crippen LogP contribution in [0, 0.1) is 16.2 Å². The van der Waals surface area contributed by atoms with Crippen LogP contribution >= 0.6 is 0 Å². The largest absolute Gasteiger partial charge is 0.391 e. The summed E-state index contributed by atoms with van der Waals surface area (Å²) >= 11 is 0. The monoisotopic (exact) mass is 301 g/mol. The molecule has 0 spiro atoms. The summed E-state index contributed by atoms with van der Waals surface area (Å²) in [4.78, 5) is 0. The maximum Gasteiger partial charge on any atom is 0.0778 e. The number of hydrogen-bond acceptors (Lipinski definition) is 3. The molecular formula is C18H39NO2. The molecule has 0 fully saturated rings. The molecule has 128 valence electrons. The summed E-state index contributed by atoms with van der Waals surface area (Å²) in [6, 6.07) is 0.197. The fourth-order valence-electron chi connectivity index (χ4n) is 2.86. The van der Waals surface area contributed by atoms with Gasteiger partial charge in [-0.25, -0.2) is 0 Å². The van der Waals surface area contributed by atoms with Crippen LogP contribution in [-0.2, 0) is 4.74 Å². The van der Waals surface area contributed by atoms with Gasteiger partial charge in [-0.15, -0.1) is 0 Å². The van der Waals surface area contributed by atoms with E-state index in [4.69, 9.17) is 10.5 Å². The number of rotatable bonds is 8. The first-order valence-electron chi connectivity index (χ1n) is 8.22. The second-order valence-electron chi connectivity index (χ2n) is 9.83. The van der Waals surface area contributed by atoms with Gasteiger partial charge in [0.25, 0.3) is 0 Å². The Balaban J connectivity index is 4.08. The molecule has 0 radical (unpaired) electrons. The minimum atomic E-state index is -0.385. The summed E-state index contributed by atoms with van der Waals surface area (Å²) in [5.74, 6) is 0. The lowest BCUT2D eigenvalue weighted by Gasteiger charge is -2.31. The van der Waals surface area contributed by atoms with Crippen molar-refractivity contribution in [1.82, 2.24) is 0 Å². The van der Waals surface area contributed by atoms with Crippen molar-refractivity contribution in [2.45, 2.75) is 86.8 Å². The smallest absolute Gasteiger partial charge is 0.0778 e. The average molecular weight is 302 g/mol. The maximum atomic E-state index is 9.97. The first-order chi connectivity index (χ1) is 9.20. The van der Waals surface area contributed by atoms with Crippen LogP contribution in [0.5, 0.6) is 0 Å². The summed E-state index contributed by atoms with van der Waals surface area (Å²) < 4.78 is 5.73. The van der Waals surface area contributed by atoms with Gasteiger partial charge in [0, 0.05) is 6.04 Å². The highest BCUT2D eigenvalue weighted by atomic mass is 16.5. The second kappa shape index (κ2) is 7.94. The van der Waals surface area contributed by atoms with Gasteiger partial charge in [-0.05, 0) is 35.5 Å². The van der Waals surface area contributed by atoms with Crippen molar-refractivity contribution in [3.05, 3.63) is 0 Å². The molecule has 0 saturated carbocycles. The van der Waals surface area contributed by atoms with E-state index >= 15 is 0 Å². The Morgan fingerprint density at radius 2 is 1.33 bits per heavy atom. The Morgan fingerprint density at radius 1 is 0.857 bits per heavy atom. The molecule has 0 heterocycles. The lowest BCUT2D eigenvalue weighted by atomic mass is 9.80. The van der Waals surface area contributed by atoms with Crippen LogP contribution in [0.4, 0.5) is 0 Å². The molecule has 0 bridgehead atoms. The van der Waals surface area contributed by atoms with E-state index in [9.17, 15) is 5.11 Å². The molecule has 3 N–H and O–H groups in total. The van der Waals surface area contributed by atoms with Gasteiger partial charge < -0.3 is 15.6 Å². The molecule has 2 unspecified atom stereocenters. The van der Waals surface area contributed by atoms with Gasteiger partial charge in [0.15, 0.2) is 0 Å². The molecule has 0 aromatic heterocycles. The van der Waals surface area contributed by atoms with Gasteiger partial charge >= 0.3 is 0 Å². The Morgan fingerprint density at radius 3 is 1.76 bits per heavy atom. The van der Waals surface area contributed by atoms with Gasteiger partial charge in [0.05, 0.1) is 19.3 Å². The van der Waals surface area contributed by atoms with Gasteiger partial charge in [-0.3, -0.25) is 0 Å². The van der Waals surface area contributed by atoms with Crippen molar-refractivity contribution in [2.75, 3.05) is 13.2 Å². The Labute approximate surface area is 132 Å². The zero-order valence-corrected chi connectivity index (χ0v) is 15.6. The standard InChI is InChI=1S/C18H39NO2/c1-16(2,3)9-14(19)10-18(7,8)13-21-12-15(20)11-17(4,5)6/h14-15,20H,9-13,19H2,1-8H3. The Hall–Kier alpha value is -0.120. The zero-order chi connectivity index (χ0) is 16.9. The maximum absolute atomic E-state index is 9.97. The van der Waals surface area contributed by atoms with E-state index in [2.05, 4.69) is 55.4 Å². The first-order valence-corrected chi connectivity index (χ1v) is 8.22. The van der Waals surface area contributed by atoms with Gasteiger partial charge in [0.1, 0.15) is 0 Å². The SMILES string of the molecule is CC(C)(C)CC(N)CC(C)(C)COCC(O)CC(C)(C)C. The van der Waals surface area contributed by atoms with E-state index in [1.165, 1.54) is 0 Å². The van der Waals surface area contributed by atoms with Crippen LogP contribution in [0.2, 0.25) is 0 Å². The normalized spacial score (nSPS) is 16.9. The van der Waals surface area contributed by atoms with Crippen molar-refractivity contribution in [2.24, 2.45) is 22.0 Å². The summed E-state index contributed by atoms with van der Waals surface area (Å²) in [6.07, 6.45) is 2.34. The lowest BCUT2D eigenvalue weighted by molar-refractivity contribution is -0.0152. The first kappa shape index (κ1) is 20.9. The number of nitrogens with two attached hydrogens (primary N) is 1. The van der Waals surface area contributed by atoms with Crippen LogP contribution in [-0.4, -0.2) is 30.5 Å². The molecule has 3 nitrogen and oxygen atoms in total. The highest BCUT2D eigenvalue weighted by molar-refractivity contribution is 4.79. The van der Waals surface area contributed by atoms with Crippen LogP contribution in [0.3, 0.4) is 0 Å². The Bertz CT molecular complexity index is 287. The quantitative estimate of drug-likeness (QED) is 0.713. The van der Waals surface area contributed by atoms with E-state index in [1.807, 2.05) is 0 Å². The second-order valence-corrected chi connectivity index (χ2v) is 9.83. The number of aliphatic hydroxyl groups excluding tert-OH is 1. The highest BCUT2D eigenvalue weighted by Crippen LogP contribution is 2.28. The molecule has 0 aliphatic heterocycles. The van der Waals surface area contributed by atoms with Crippen molar-refractivity contribution in [3.63, 3.8) is 0 Å². The molecule has 0 aliphatic carbocycles. The molecule has 0 amide bonds. The third-order valence-corrected chi connectivity index (χ3v) is 3.34. The van der Waals surface area contributed by atoms with Gasteiger partial charge in [-0.1, -0.05) is 55.4 Å². The number of aliphatic hydroxyl groups is 1. The average Bonchev–Trinajstić information content (AvgIpc) is 2.08. The Kier molecular flexibility index (Phi) is 7.89. The summed E-state index contributed by atoms with van der Waals surface area (Å²) in [5.41, 5.74) is 6.70. The minimum absolute atomic E-state index is 0.0477. The lowest BCUT2D eigenvalue weighted by Crippen LogP contribution is -2.34. The predicted octanol–water partition coefficient (Wildman–Crippen LogP) is 3.98. The fourth-order valence-corrected chi connectivity index (χ4v) is 2.86. The summed E-state index contributed by atoms with van der Waals surface area (Å²) in [5, 5.41) is 9.97. The van der Waals surface area contributed by atoms with E-state index in [-0.39, 0.29) is 28.4 Å². The van der Waals surface area contributed by atoms with E-state index in [1.54, 1.807) is 0 Å². The molecule has 0 aromatic carbocycles. The summed E-state index contributed by atoms with van der Waals surface area (Å²) in [7, 11) is 0.